The smallest absolute Gasteiger partial charge is 0.224 e. The van der Waals surface area contributed by atoms with Gasteiger partial charge in [-0.15, -0.1) is 0 Å². The maximum absolute atomic E-state index is 14.1. The van der Waals surface area contributed by atoms with Gasteiger partial charge >= 0.3 is 0 Å². The quantitative estimate of drug-likeness (QED) is 0.289. The van der Waals surface area contributed by atoms with Gasteiger partial charge in [-0.05, 0) is 105 Å². The fourth-order valence-corrected chi connectivity index (χ4v) is 4.67. The van der Waals surface area contributed by atoms with Gasteiger partial charge in [0.25, 0.3) is 0 Å². The number of fused-ring (bicyclic) bond motifs is 1. The second kappa shape index (κ2) is 11.3. The van der Waals surface area contributed by atoms with Gasteiger partial charge in [-0.1, -0.05) is 17.7 Å². The van der Waals surface area contributed by atoms with Crippen LogP contribution in [0.1, 0.15) is 25.0 Å². The Morgan fingerprint density at radius 1 is 1.03 bits per heavy atom. The number of amides is 1. The van der Waals surface area contributed by atoms with Crippen LogP contribution in [0, 0.1) is 5.82 Å². The molecule has 1 heterocycles. The van der Waals surface area contributed by atoms with E-state index in [1.807, 2.05) is 58.3 Å². The van der Waals surface area contributed by atoms with Gasteiger partial charge in [0.05, 0.1) is 24.7 Å². The first-order chi connectivity index (χ1) is 17.6. The summed E-state index contributed by atoms with van der Waals surface area (Å²) in [5, 5.41) is 4.52. The molecule has 37 heavy (non-hydrogen) atoms. The topological polar surface area (TPSA) is 54.5 Å². The van der Waals surface area contributed by atoms with E-state index in [-0.39, 0.29) is 24.1 Å². The van der Waals surface area contributed by atoms with Crippen molar-refractivity contribution in [3.63, 3.8) is 0 Å². The van der Waals surface area contributed by atoms with Crippen LogP contribution < -0.4 is 10.1 Å². The van der Waals surface area contributed by atoms with Crippen LogP contribution in [0.3, 0.4) is 0 Å². The molecule has 1 N–H and O–H groups in total. The molecule has 0 atom stereocenters. The summed E-state index contributed by atoms with van der Waals surface area (Å²) in [4.78, 5) is 19.7. The second-order valence-electron chi connectivity index (χ2n) is 9.74. The maximum Gasteiger partial charge on any atom is 0.224 e. The molecule has 0 radical (unpaired) electrons. The SMILES string of the molecule is COc1cc(-c2nc3ccc(-c4cc(Cl)cc(CN(C)C)c4)cc3cc2CC(=O)NC(C)C)ccc1F. The zero-order valence-electron chi connectivity index (χ0n) is 21.7. The lowest BCUT2D eigenvalue weighted by Gasteiger charge is -2.15. The minimum absolute atomic E-state index is 0.0149. The molecule has 192 valence electrons. The van der Waals surface area contributed by atoms with Crippen molar-refractivity contribution in [2.75, 3.05) is 21.2 Å². The molecule has 0 spiro atoms. The van der Waals surface area contributed by atoms with Crippen LogP contribution in [0.5, 0.6) is 5.75 Å². The van der Waals surface area contributed by atoms with Crippen LogP contribution in [0.15, 0.2) is 60.7 Å². The molecule has 7 heteroatoms. The normalized spacial score (nSPS) is 11.4. The number of ether oxygens (including phenoxy) is 1. The lowest BCUT2D eigenvalue weighted by atomic mass is 9.97. The van der Waals surface area contributed by atoms with Crippen LogP contribution in [-0.2, 0) is 17.8 Å². The third kappa shape index (κ3) is 6.45. The number of nitrogens with zero attached hydrogens (tertiary/aromatic N) is 2. The molecule has 0 aliphatic carbocycles. The summed E-state index contributed by atoms with van der Waals surface area (Å²) in [5.41, 5.74) is 5.95. The Morgan fingerprint density at radius 2 is 1.78 bits per heavy atom. The number of carbonyl (C=O) groups is 1. The molecule has 0 fully saturated rings. The predicted molar refractivity (Wildman–Crippen MR) is 149 cm³/mol. The van der Waals surface area contributed by atoms with E-state index in [0.29, 0.717) is 16.3 Å². The highest BCUT2D eigenvalue weighted by Gasteiger charge is 2.16. The zero-order valence-corrected chi connectivity index (χ0v) is 22.5. The number of nitrogens with one attached hydrogen (secondary N) is 1. The van der Waals surface area contributed by atoms with E-state index in [4.69, 9.17) is 21.3 Å². The van der Waals surface area contributed by atoms with Crippen molar-refractivity contribution < 1.29 is 13.9 Å². The van der Waals surface area contributed by atoms with Crippen molar-refractivity contribution in [1.29, 1.82) is 0 Å². The first-order valence-corrected chi connectivity index (χ1v) is 12.5. The Bertz CT molecular complexity index is 1450. The number of benzene rings is 3. The van der Waals surface area contributed by atoms with Crippen molar-refractivity contribution in [2.45, 2.75) is 32.9 Å². The van der Waals surface area contributed by atoms with E-state index in [0.717, 1.165) is 39.7 Å². The Balaban J connectivity index is 1.83. The molecule has 5 nitrogen and oxygen atoms in total. The van der Waals surface area contributed by atoms with E-state index >= 15 is 0 Å². The summed E-state index contributed by atoms with van der Waals surface area (Å²) in [6.45, 7) is 4.62. The van der Waals surface area contributed by atoms with Gasteiger partial charge in [0.1, 0.15) is 0 Å². The van der Waals surface area contributed by atoms with E-state index < -0.39 is 5.82 Å². The standard InChI is InChI=1S/C30H31ClFN3O2/c1-18(2)33-29(36)16-24-13-23-12-20(22-10-19(17-35(3)4)11-25(31)14-22)7-9-27(23)34-30(24)21-6-8-26(32)28(15-21)37-5/h6-15,18H,16-17H2,1-5H3,(H,33,36). The molecule has 0 aliphatic heterocycles. The maximum atomic E-state index is 14.1. The number of halogens is 2. The van der Waals surface area contributed by atoms with Gasteiger partial charge < -0.3 is 15.0 Å². The minimum atomic E-state index is -0.453. The van der Waals surface area contributed by atoms with Crippen molar-refractivity contribution in [2.24, 2.45) is 0 Å². The van der Waals surface area contributed by atoms with Gasteiger partial charge in [0.15, 0.2) is 11.6 Å². The highest BCUT2D eigenvalue weighted by molar-refractivity contribution is 6.31. The number of hydrogen-bond acceptors (Lipinski definition) is 4. The average molecular weight is 520 g/mol. The Morgan fingerprint density at radius 3 is 2.49 bits per heavy atom. The molecule has 0 bridgehead atoms. The number of aromatic nitrogens is 1. The third-order valence-electron chi connectivity index (χ3n) is 5.91. The lowest BCUT2D eigenvalue weighted by molar-refractivity contribution is -0.120. The molecule has 3 aromatic carbocycles. The van der Waals surface area contributed by atoms with E-state index in [9.17, 15) is 9.18 Å². The lowest BCUT2D eigenvalue weighted by Crippen LogP contribution is -2.31. The molecule has 0 aliphatic rings. The molecule has 1 aromatic heterocycles. The van der Waals surface area contributed by atoms with E-state index in [1.54, 1.807) is 12.1 Å². The second-order valence-corrected chi connectivity index (χ2v) is 10.2. The number of methoxy groups -OCH3 is 1. The van der Waals surface area contributed by atoms with Crippen LogP contribution in [0.25, 0.3) is 33.3 Å². The van der Waals surface area contributed by atoms with E-state index in [1.165, 1.54) is 13.2 Å². The minimum Gasteiger partial charge on any atom is -0.494 e. The Labute approximate surface area is 222 Å². The van der Waals surface area contributed by atoms with Gasteiger partial charge in [0.2, 0.25) is 5.91 Å². The van der Waals surface area contributed by atoms with Crippen molar-refractivity contribution in [1.82, 2.24) is 15.2 Å². The molecule has 4 rings (SSSR count). The summed E-state index contributed by atoms with van der Waals surface area (Å²) in [6, 6.07) is 18.7. The summed E-state index contributed by atoms with van der Waals surface area (Å²) < 4.78 is 19.3. The molecule has 0 saturated carbocycles. The van der Waals surface area contributed by atoms with E-state index in [2.05, 4.69) is 22.3 Å². The molecule has 0 unspecified atom stereocenters. The monoisotopic (exact) mass is 519 g/mol. The first-order valence-electron chi connectivity index (χ1n) is 12.1. The van der Waals surface area contributed by atoms with Crippen molar-refractivity contribution in [3.8, 4) is 28.1 Å². The molecule has 1 amide bonds. The molecular weight excluding hydrogens is 489 g/mol. The predicted octanol–water partition coefficient (Wildman–Crippen LogP) is 6.50. The Hall–Kier alpha value is -3.48. The highest BCUT2D eigenvalue weighted by Crippen LogP contribution is 2.33. The number of pyridine rings is 1. The van der Waals surface area contributed by atoms with Gasteiger partial charge in [0, 0.05) is 28.6 Å². The van der Waals surface area contributed by atoms with Gasteiger partial charge in [-0.2, -0.15) is 0 Å². The number of hydrogen-bond donors (Lipinski definition) is 1. The average Bonchev–Trinajstić information content (AvgIpc) is 2.82. The van der Waals surface area contributed by atoms with Gasteiger partial charge in [-0.3, -0.25) is 4.79 Å². The summed E-state index contributed by atoms with van der Waals surface area (Å²) in [5.74, 6) is -0.432. The first kappa shape index (κ1) is 26.6. The van der Waals surface area contributed by atoms with Crippen molar-refractivity contribution >= 4 is 28.4 Å². The molecule has 4 aromatic rings. The fraction of sp³-hybridized carbons (Fsp3) is 0.267. The fourth-order valence-electron chi connectivity index (χ4n) is 4.41. The molecular formula is C30H31ClFN3O2. The van der Waals surface area contributed by atoms with Crippen LogP contribution >= 0.6 is 11.6 Å². The highest BCUT2D eigenvalue weighted by atomic mass is 35.5. The summed E-state index contributed by atoms with van der Waals surface area (Å²) >= 11 is 6.44. The largest absolute Gasteiger partial charge is 0.494 e. The number of carbonyl (C=O) groups excluding carboxylic acids is 1. The summed E-state index contributed by atoms with van der Waals surface area (Å²) in [6.07, 6.45) is 0.143. The van der Waals surface area contributed by atoms with Crippen LogP contribution in [0.4, 0.5) is 4.39 Å². The Kier molecular flexibility index (Phi) is 8.10. The van der Waals surface area contributed by atoms with Crippen molar-refractivity contribution in [3.05, 3.63) is 82.6 Å². The van der Waals surface area contributed by atoms with Crippen LogP contribution in [0.2, 0.25) is 5.02 Å². The molecule has 0 saturated heterocycles. The summed E-state index contributed by atoms with van der Waals surface area (Å²) in [7, 11) is 5.47. The van der Waals surface area contributed by atoms with Gasteiger partial charge in [-0.25, -0.2) is 9.37 Å². The zero-order chi connectivity index (χ0) is 26.7. The third-order valence-corrected chi connectivity index (χ3v) is 6.13. The van der Waals surface area contributed by atoms with Crippen LogP contribution in [-0.4, -0.2) is 43.0 Å². The number of rotatable bonds is 8.